The Labute approximate surface area is 184 Å². The molecular formula is C21H23ClN8O. The highest BCUT2D eigenvalue weighted by Gasteiger charge is 2.21. The summed E-state index contributed by atoms with van der Waals surface area (Å²) in [6.45, 7) is 5.17. The van der Waals surface area contributed by atoms with Crippen molar-refractivity contribution < 1.29 is 0 Å². The lowest BCUT2D eigenvalue weighted by atomic mass is 10.2. The molecule has 1 saturated heterocycles. The second-order valence-corrected chi connectivity index (χ2v) is 7.98. The summed E-state index contributed by atoms with van der Waals surface area (Å²) in [5, 5.41) is 13.4. The highest BCUT2D eigenvalue weighted by atomic mass is 35.5. The molecule has 1 aliphatic heterocycles. The molecule has 0 spiro atoms. The smallest absolute Gasteiger partial charge is 0.263 e. The van der Waals surface area contributed by atoms with E-state index in [1.807, 2.05) is 13.0 Å². The van der Waals surface area contributed by atoms with Crippen LogP contribution in [0.2, 0.25) is 5.02 Å². The Morgan fingerprint density at radius 3 is 2.81 bits per heavy atom. The summed E-state index contributed by atoms with van der Waals surface area (Å²) in [5.41, 5.74) is 6.31. The molecule has 0 saturated carbocycles. The molecule has 1 atom stereocenters. The molecule has 0 bridgehead atoms. The van der Waals surface area contributed by atoms with Crippen molar-refractivity contribution >= 4 is 34.1 Å². The number of nitrogens with two attached hydrogens (primary N) is 1. The first-order valence-corrected chi connectivity index (χ1v) is 10.6. The summed E-state index contributed by atoms with van der Waals surface area (Å²) in [6, 6.07) is 6.84. The van der Waals surface area contributed by atoms with Crippen LogP contribution in [0.1, 0.15) is 37.2 Å². The number of nitrogens with zero attached hydrogens (tertiary/aromatic N) is 6. The number of halogens is 1. The van der Waals surface area contributed by atoms with E-state index in [1.54, 1.807) is 22.8 Å². The Morgan fingerprint density at radius 1 is 1.29 bits per heavy atom. The highest BCUT2D eigenvalue weighted by molar-refractivity contribution is 6.35. The van der Waals surface area contributed by atoms with Gasteiger partial charge in [0.05, 0.1) is 22.0 Å². The van der Waals surface area contributed by atoms with Gasteiger partial charge in [-0.3, -0.25) is 9.36 Å². The van der Waals surface area contributed by atoms with Crippen LogP contribution in [-0.2, 0) is 6.54 Å². The lowest BCUT2D eigenvalue weighted by Gasteiger charge is -2.22. The monoisotopic (exact) mass is 438 g/mol. The van der Waals surface area contributed by atoms with Crippen LogP contribution in [0.15, 0.2) is 29.3 Å². The molecule has 1 aliphatic rings. The Bertz CT molecular complexity index is 1210. The topological polar surface area (TPSA) is 126 Å². The molecule has 0 radical (unpaired) electrons. The highest BCUT2D eigenvalue weighted by Crippen LogP contribution is 2.24. The number of nitrogen functional groups attached to an aromatic ring is 1. The third kappa shape index (κ3) is 4.17. The maximum absolute atomic E-state index is 13.4. The number of anilines is 2. The van der Waals surface area contributed by atoms with Crippen molar-refractivity contribution in [2.45, 2.75) is 32.4 Å². The van der Waals surface area contributed by atoms with Crippen LogP contribution in [0.3, 0.4) is 0 Å². The van der Waals surface area contributed by atoms with Crippen molar-refractivity contribution in [3.05, 3.63) is 51.3 Å². The average Bonchev–Trinajstić information content (AvgIpc) is 3.26. The fourth-order valence-electron chi connectivity index (χ4n) is 3.92. The first-order chi connectivity index (χ1) is 15.0. The lowest BCUT2D eigenvalue weighted by Crippen LogP contribution is -2.33. The molecule has 3 heterocycles. The van der Waals surface area contributed by atoms with Crippen molar-refractivity contribution in [2.75, 3.05) is 30.7 Å². The van der Waals surface area contributed by atoms with Gasteiger partial charge in [0, 0.05) is 13.1 Å². The van der Waals surface area contributed by atoms with Crippen molar-refractivity contribution in [1.82, 2.24) is 24.4 Å². The maximum atomic E-state index is 13.4. The summed E-state index contributed by atoms with van der Waals surface area (Å²) in [7, 11) is 0. The number of rotatable bonds is 6. The quantitative estimate of drug-likeness (QED) is 0.601. The predicted octanol–water partition coefficient (Wildman–Crippen LogP) is 2.56. The third-order valence-corrected chi connectivity index (χ3v) is 5.84. The molecule has 0 amide bonds. The molecule has 4 rings (SSSR count). The molecule has 9 nitrogen and oxygen atoms in total. The van der Waals surface area contributed by atoms with Crippen LogP contribution in [0.25, 0.3) is 10.9 Å². The number of nitriles is 1. The van der Waals surface area contributed by atoms with Crippen LogP contribution in [-0.4, -0.2) is 44.1 Å². The number of aromatic nitrogens is 4. The molecule has 10 heteroatoms. The fraction of sp³-hybridized carbons (Fsp3) is 0.381. The van der Waals surface area contributed by atoms with Crippen molar-refractivity contribution in [3.8, 4) is 6.07 Å². The summed E-state index contributed by atoms with van der Waals surface area (Å²) in [5.74, 6) is 0.936. The van der Waals surface area contributed by atoms with E-state index in [9.17, 15) is 10.1 Å². The number of hydrogen-bond donors (Lipinski definition) is 2. The molecule has 3 N–H and O–H groups in total. The number of hydrogen-bond acceptors (Lipinski definition) is 8. The molecule has 3 aromatic rings. The van der Waals surface area contributed by atoms with Crippen LogP contribution >= 0.6 is 11.6 Å². The Kier molecular flexibility index (Phi) is 6.02. The summed E-state index contributed by atoms with van der Waals surface area (Å²) in [6.07, 6.45) is 3.64. The molecule has 1 aromatic carbocycles. The molecule has 0 aliphatic carbocycles. The second kappa shape index (κ2) is 8.88. The number of fused-ring (bicyclic) bond motifs is 1. The number of nitrogens with one attached hydrogen (secondary N) is 1. The first kappa shape index (κ1) is 21.0. The van der Waals surface area contributed by atoms with E-state index in [0.29, 0.717) is 34.1 Å². The van der Waals surface area contributed by atoms with Crippen molar-refractivity contribution in [3.63, 3.8) is 0 Å². The largest absolute Gasteiger partial charge is 0.382 e. The summed E-state index contributed by atoms with van der Waals surface area (Å²) in [4.78, 5) is 28.5. The van der Waals surface area contributed by atoms with E-state index in [0.717, 1.165) is 19.6 Å². The molecule has 31 heavy (non-hydrogen) atoms. The van der Waals surface area contributed by atoms with Gasteiger partial charge in [0.1, 0.15) is 35.4 Å². The summed E-state index contributed by atoms with van der Waals surface area (Å²) < 4.78 is 1.67. The van der Waals surface area contributed by atoms with E-state index in [2.05, 4.69) is 20.2 Å². The zero-order valence-electron chi connectivity index (χ0n) is 17.2. The van der Waals surface area contributed by atoms with Gasteiger partial charge < -0.3 is 16.0 Å². The van der Waals surface area contributed by atoms with Gasteiger partial charge in [0.2, 0.25) is 0 Å². The average molecular weight is 439 g/mol. The molecule has 1 unspecified atom stereocenters. The van der Waals surface area contributed by atoms with Crippen LogP contribution in [0.4, 0.5) is 11.6 Å². The minimum atomic E-state index is -0.420. The van der Waals surface area contributed by atoms with E-state index in [-0.39, 0.29) is 16.9 Å². The van der Waals surface area contributed by atoms with E-state index in [4.69, 9.17) is 22.3 Å². The molecule has 2 aromatic heterocycles. The number of likely N-dealkylation sites (tertiary alicyclic amines) is 1. The fourth-order valence-corrected chi connectivity index (χ4v) is 4.17. The van der Waals surface area contributed by atoms with E-state index < -0.39 is 6.04 Å². The standard InChI is InChI=1S/C21H23ClN8O/c1-13(27-19-14(11-23)18(24)25-12-26-19)20-28-16-6-4-5-15(22)17(16)21(31)30(20)10-9-29-7-2-3-8-29/h4-6,12-13H,2-3,7-10H2,1H3,(H3,24,25,26,27). The van der Waals surface area contributed by atoms with Gasteiger partial charge in [-0.05, 0) is 45.0 Å². The van der Waals surface area contributed by atoms with E-state index >= 15 is 0 Å². The van der Waals surface area contributed by atoms with Crippen LogP contribution < -0.4 is 16.6 Å². The Morgan fingerprint density at radius 2 is 2.06 bits per heavy atom. The van der Waals surface area contributed by atoms with Gasteiger partial charge in [-0.2, -0.15) is 5.26 Å². The zero-order valence-corrected chi connectivity index (χ0v) is 17.9. The SMILES string of the molecule is CC(Nc1ncnc(N)c1C#N)c1nc2cccc(Cl)c2c(=O)n1CCN1CCCC1. The lowest BCUT2D eigenvalue weighted by molar-refractivity contribution is 0.317. The van der Waals surface area contributed by atoms with Gasteiger partial charge >= 0.3 is 0 Å². The molecule has 1 fully saturated rings. The van der Waals surface area contributed by atoms with E-state index in [1.165, 1.54) is 19.2 Å². The zero-order chi connectivity index (χ0) is 22.0. The predicted molar refractivity (Wildman–Crippen MR) is 120 cm³/mol. The van der Waals surface area contributed by atoms with Crippen molar-refractivity contribution in [1.29, 1.82) is 5.26 Å². The van der Waals surface area contributed by atoms with Gasteiger partial charge in [-0.1, -0.05) is 17.7 Å². The van der Waals surface area contributed by atoms with Gasteiger partial charge in [0.15, 0.2) is 0 Å². The van der Waals surface area contributed by atoms with Crippen LogP contribution in [0.5, 0.6) is 0 Å². The normalized spacial score (nSPS) is 15.1. The Hall–Kier alpha value is -3.22. The van der Waals surface area contributed by atoms with Gasteiger partial charge in [-0.15, -0.1) is 0 Å². The van der Waals surface area contributed by atoms with Crippen LogP contribution in [0, 0.1) is 11.3 Å². The second-order valence-electron chi connectivity index (χ2n) is 7.57. The third-order valence-electron chi connectivity index (χ3n) is 5.53. The maximum Gasteiger partial charge on any atom is 0.263 e. The van der Waals surface area contributed by atoms with Gasteiger partial charge in [0.25, 0.3) is 5.56 Å². The molecular weight excluding hydrogens is 416 g/mol. The van der Waals surface area contributed by atoms with Gasteiger partial charge in [-0.25, -0.2) is 15.0 Å². The minimum Gasteiger partial charge on any atom is -0.382 e. The van der Waals surface area contributed by atoms with Crippen molar-refractivity contribution in [2.24, 2.45) is 0 Å². The number of benzene rings is 1. The summed E-state index contributed by atoms with van der Waals surface area (Å²) >= 11 is 6.33. The molecule has 160 valence electrons. The first-order valence-electron chi connectivity index (χ1n) is 10.2. The Balaban J connectivity index is 1.76. The minimum absolute atomic E-state index is 0.0943.